The second-order valence-electron chi connectivity index (χ2n) is 13.5. The third-order valence-electron chi connectivity index (χ3n) is 8.41. The molecule has 0 radical (unpaired) electrons. The van der Waals surface area contributed by atoms with Crippen molar-refractivity contribution >= 4 is 17.9 Å². The topological polar surface area (TPSA) is 78.9 Å². The molecule has 0 heterocycles. The summed E-state index contributed by atoms with van der Waals surface area (Å²) in [5, 5.41) is 0. The summed E-state index contributed by atoms with van der Waals surface area (Å²) >= 11 is 0. The summed E-state index contributed by atoms with van der Waals surface area (Å²) in [6.45, 7) is 6.25. The minimum Gasteiger partial charge on any atom is -0.462 e. The van der Waals surface area contributed by atoms with Gasteiger partial charge in [-0.05, 0) is 77.0 Å². The standard InChI is InChI=1S/C47H76O6/c1-4-7-10-13-16-18-20-22-23-25-26-28-31-34-37-40-46(49)52-43-44(42-51-45(48)39-36-33-30-15-12-9-6-3)53-47(50)41-38-35-32-29-27-24-21-19-17-14-11-8-5-2/h7-8,10-11,16-19,22-24,27,32,35,44H,4-6,9,12-15,20-21,25-26,28-31,33-34,36-43H2,1-3H3/b10-7-,11-8-,18-16-,19-17-,23-22-,27-24-,35-32-. The van der Waals surface area contributed by atoms with Crippen molar-refractivity contribution < 1.29 is 28.6 Å². The van der Waals surface area contributed by atoms with Crippen molar-refractivity contribution in [3.05, 3.63) is 85.1 Å². The van der Waals surface area contributed by atoms with Crippen molar-refractivity contribution in [3.63, 3.8) is 0 Å². The Morgan fingerprint density at radius 3 is 1.23 bits per heavy atom. The smallest absolute Gasteiger partial charge is 0.306 e. The second kappa shape index (κ2) is 41.3. The van der Waals surface area contributed by atoms with Gasteiger partial charge in [0.15, 0.2) is 6.10 Å². The van der Waals surface area contributed by atoms with E-state index in [4.69, 9.17) is 14.2 Å². The molecule has 300 valence electrons. The molecule has 0 fully saturated rings. The first kappa shape index (κ1) is 49.6. The van der Waals surface area contributed by atoms with Crippen LogP contribution in [-0.4, -0.2) is 37.2 Å². The van der Waals surface area contributed by atoms with Crippen LogP contribution in [0.15, 0.2) is 85.1 Å². The van der Waals surface area contributed by atoms with E-state index >= 15 is 0 Å². The molecule has 0 bridgehead atoms. The van der Waals surface area contributed by atoms with Crippen LogP contribution in [0.1, 0.15) is 175 Å². The highest BCUT2D eigenvalue weighted by Gasteiger charge is 2.19. The molecule has 1 unspecified atom stereocenters. The number of carbonyl (C=O) groups excluding carboxylic acids is 3. The third kappa shape index (κ3) is 39.6. The molecule has 0 aliphatic heterocycles. The van der Waals surface area contributed by atoms with Gasteiger partial charge in [0.2, 0.25) is 0 Å². The molecular formula is C47H76O6. The van der Waals surface area contributed by atoms with Crippen molar-refractivity contribution in [1.82, 2.24) is 0 Å². The van der Waals surface area contributed by atoms with E-state index in [0.29, 0.717) is 19.3 Å². The lowest BCUT2D eigenvalue weighted by Gasteiger charge is -2.18. The summed E-state index contributed by atoms with van der Waals surface area (Å²) in [5.74, 6) is -1.03. The summed E-state index contributed by atoms with van der Waals surface area (Å²) in [7, 11) is 0. The molecule has 53 heavy (non-hydrogen) atoms. The molecule has 0 aromatic heterocycles. The third-order valence-corrected chi connectivity index (χ3v) is 8.41. The number of unbranched alkanes of at least 4 members (excludes halogenated alkanes) is 11. The van der Waals surface area contributed by atoms with Crippen LogP contribution in [0.2, 0.25) is 0 Å². The molecule has 6 nitrogen and oxygen atoms in total. The summed E-state index contributed by atoms with van der Waals surface area (Å²) < 4.78 is 16.5. The van der Waals surface area contributed by atoms with Crippen molar-refractivity contribution in [2.45, 2.75) is 181 Å². The SMILES string of the molecule is CC/C=C\C/C=C\C/C=C\C/C=C\CCC(=O)OC(COC(=O)CCCCCCC/C=C\C/C=C\C/C=C\CC)COC(=O)CCCCCCCCC. The number of rotatable bonds is 36. The molecule has 0 aromatic carbocycles. The number of hydrogen-bond acceptors (Lipinski definition) is 6. The monoisotopic (exact) mass is 737 g/mol. The van der Waals surface area contributed by atoms with Gasteiger partial charge in [0.1, 0.15) is 13.2 Å². The van der Waals surface area contributed by atoms with E-state index in [0.717, 1.165) is 103 Å². The van der Waals surface area contributed by atoms with E-state index in [1.807, 2.05) is 12.2 Å². The first-order valence-corrected chi connectivity index (χ1v) is 21.1. The van der Waals surface area contributed by atoms with Crippen molar-refractivity contribution in [1.29, 1.82) is 0 Å². The molecule has 0 aliphatic rings. The maximum Gasteiger partial charge on any atom is 0.306 e. The fourth-order valence-electron chi connectivity index (χ4n) is 5.29. The zero-order valence-corrected chi connectivity index (χ0v) is 34.0. The second-order valence-corrected chi connectivity index (χ2v) is 13.5. The Kier molecular flexibility index (Phi) is 38.7. The Morgan fingerprint density at radius 1 is 0.396 bits per heavy atom. The van der Waals surface area contributed by atoms with Crippen LogP contribution in [0.3, 0.4) is 0 Å². The molecule has 0 saturated heterocycles. The Morgan fingerprint density at radius 2 is 0.774 bits per heavy atom. The lowest BCUT2D eigenvalue weighted by Crippen LogP contribution is -2.30. The lowest BCUT2D eigenvalue weighted by atomic mass is 10.1. The van der Waals surface area contributed by atoms with Crippen LogP contribution in [0.25, 0.3) is 0 Å². The van der Waals surface area contributed by atoms with Gasteiger partial charge in [0.05, 0.1) is 0 Å². The summed E-state index contributed by atoms with van der Waals surface area (Å²) in [4.78, 5) is 37.5. The predicted molar refractivity (Wildman–Crippen MR) is 224 cm³/mol. The quantitative estimate of drug-likeness (QED) is 0.0276. The van der Waals surface area contributed by atoms with Gasteiger partial charge in [0.25, 0.3) is 0 Å². The van der Waals surface area contributed by atoms with Crippen molar-refractivity contribution in [2.75, 3.05) is 13.2 Å². The van der Waals surface area contributed by atoms with Gasteiger partial charge >= 0.3 is 17.9 Å². The fraction of sp³-hybridized carbons (Fsp3) is 0.638. The van der Waals surface area contributed by atoms with Gasteiger partial charge in [-0.15, -0.1) is 0 Å². The van der Waals surface area contributed by atoms with Gasteiger partial charge in [-0.2, -0.15) is 0 Å². The van der Waals surface area contributed by atoms with Gasteiger partial charge in [-0.3, -0.25) is 14.4 Å². The van der Waals surface area contributed by atoms with Crippen LogP contribution in [0.4, 0.5) is 0 Å². The van der Waals surface area contributed by atoms with E-state index in [9.17, 15) is 14.4 Å². The molecule has 1 atom stereocenters. The highest BCUT2D eigenvalue weighted by molar-refractivity contribution is 5.71. The van der Waals surface area contributed by atoms with Crippen LogP contribution in [0.5, 0.6) is 0 Å². The minimum absolute atomic E-state index is 0.112. The number of allylic oxidation sites excluding steroid dienone is 14. The zero-order chi connectivity index (χ0) is 38.7. The first-order chi connectivity index (χ1) is 26.0. The van der Waals surface area contributed by atoms with E-state index in [1.54, 1.807) is 0 Å². The molecule has 0 aromatic rings. The van der Waals surface area contributed by atoms with Gasteiger partial charge < -0.3 is 14.2 Å². The zero-order valence-electron chi connectivity index (χ0n) is 34.0. The average molecular weight is 737 g/mol. The molecular weight excluding hydrogens is 661 g/mol. The Labute approximate surface area is 325 Å². The van der Waals surface area contributed by atoms with Gasteiger partial charge in [-0.1, -0.05) is 164 Å². The van der Waals surface area contributed by atoms with E-state index in [-0.39, 0.29) is 31.6 Å². The van der Waals surface area contributed by atoms with Crippen LogP contribution >= 0.6 is 0 Å². The number of carbonyl (C=O) groups is 3. The Hall–Kier alpha value is -3.41. The molecule has 0 aliphatic carbocycles. The van der Waals surface area contributed by atoms with E-state index < -0.39 is 12.1 Å². The largest absolute Gasteiger partial charge is 0.462 e. The van der Waals surface area contributed by atoms with E-state index in [2.05, 4.69) is 93.7 Å². The molecule has 6 heteroatoms. The predicted octanol–water partition coefficient (Wildman–Crippen LogP) is 13.3. The lowest BCUT2D eigenvalue weighted by molar-refractivity contribution is -0.166. The number of esters is 3. The van der Waals surface area contributed by atoms with Crippen molar-refractivity contribution in [2.24, 2.45) is 0 Å². The van der Waals surface area contributed by atoms with Gasteiger partial charge in [0, 0.05) is 19.3 Å². The Bertz CT molecular complexity index is 1080. The molecule has 0 spiro atoms. The maximum atomic E-state index is 12.6. The fourth-order valence-corrected chi connectivity index (χ4v) is 5.29. The summed E-state index contributed by atoms with van der Waals surface area (Å²) in [5.41, 5.74) is 0. The first-order valence-electron chi connectivity index (χ1n) is 21.1. The number of ether oxygens (including phenoxy) is 3. The van der Waals surface area contributed by atoms with Crippen LogP contribution in [0, 0.1) is 0 Å². The summed E-state index contributed by atoms with van der Waals surface area (Å²) in [6, 6.07) is 0. The molecule has 0 saturated carbocycles. The Balaban J connectivity index is 4.47. The minimum atomic E-state index is -0.816. The van der Waals surface area contributed by atoms with Crippen LogP contribution < -0.4 is 0 Å². The highest BCUT2D eigenvalue weighted by atomic mass is 16.6. The maximum absolute atomic E-state index is 12.6. The normalized spacial score (nSPS) is 12.9. The molecule has 0 N–H and O–H groups in total. The number of hydrogen-bond donors (Lipinski definition) is 0. The summed E-state index contributed by atoms with van der Waals surface area (Å²) in [6.07, 6.45) is 51.6. The highest BCUT2D eigenvalue weighted by Crippen LogP contribution is 2.11. The van der Waals surface area contributed by atoms with Crippen molar-refractivity contribution in [3.8, 4) is 0 Å². The van der Waals surface area contributed by atoms with E-state index in [1.165, 1.54) is 25.7 Å². The molecule has 0 amide bonds. The van der Waals surface area contributed by atoms with Crippen LogP contribution in [-0.2, 0) is 28.6 Å². The van der Waals surface area contributed by atoms with Gasteiger partial charge in [-0.25, -0.2) is 0 Å². The average Bonchev–Trinajstić information content (AvgIpc) is 3.15. The molecule has 0 rings (SSSR count).